The standard InChI is InChI=1S/C21H19N3O3S/c1-12-6-7-15-16(10-12)28-18-17(15)21(27)23(11-22-18)8-9-24-19(25)13-4-2-3-5-14(13)20(24)26/h2-5,11-12H,6-10H2,1H3/t12-/m1/s1. The second-order valence-electron chi connectivity index (χ2n) is 7.58. The average molecular weight is 393 g/mol. The first-order valence-electron chi connectivity index (χ1n) is 9.49. The van der Waals surface area contributed by atoms with Crippen molar-refractivity contribution in [1.29, 1.82) is 0 Å². The van der Waals surface area contributed by atoms with Gasteiger partial charge in [-0.3, -0.25) is 23.9 Å². The quantitative estimate of drug-likeness (QED) is 0.642. The minimum Gasteiger partial charge on any atom is -0.297 e. The number of aromatic nitrogens is 2. The van der Waals surface area contributed by atoms with Crippen molar-refractivity contribution in [1.82, 2.24) is 14.5 Å². The van der Waals surface area contributed by atoms with E-state index in [1.807, 2.05) is 0 Å². The summed E-state index contributed by atoms with van der Waals surface area (Å²) in [6.45, 7) is 2.64. The van der Waals surface area contributed by atoms with E-state index in [1.165, 1.54) is 20.7 Å². The van der Waals surface area contributed by atoms with Gasteiger partial charge < -0.3 is 0 Å². The summed E-state index contributed by atoms with van der Waals surface area (Å²) in [6.07, 6.45) is 4.54. The van der Waals surface area contributed by atoms with Gasteiger partial charge in [-0.1, -0.05) is 19.1 Å². The molecule has 1 atom stereocenters. The first-order valence-corrected chi connectivity index (χ1v) is 10.3. The van der Waals surface area contributed by atoms with Gasteiger partial charge in [0.2, 0.25) is 0 Å². The molecule has 0 bridgehead atoms. The predicted molar refractivity (Wildman–Crippen MR) is 107 cm³/mol. The van der Waals surface area contributed by atoms with Gasteiger partial charge in [0.25, 0.3) is 17.4 Å². The maximum absolute atomic E-state index is 13.1. The van der Waals surface area contributed by atoms with Crippen molar-refractivity contribution in [2.75, 3.05) is 6.54 Å². The molecule has 0 saturated carbocycles. The maximum atomic E-state index is 13.1. The smallest absolute Gasteiger partial charge is 0.262 e. The molecule has 0 saturated heterocycles. The molecule has 6 nitrogen and oxygen atoms in total. The van der Waals surface area contributed by atoms with E-state index in [2.05, 4.69) is 11.9 Å². The fraction of sp³-hybridized carbons (Fsp3) is 0.333. The number of benzene rings is 1. The molecule has 2 amide bonds. The van der Waals surface area contributed by atoms with Crippen LogP contribution in [0, 0.1) is 5.92 Å². The van der Waals surface area contributed by atoms with Gasteiger partial charge in [0.15, 0.2) is 0 Å². The molecule has 0 fully saturated rings. The molecule has 142 valence electrons. The summed E-state index contributed by atoms with van der Waals surface area (Å²) in [7, 11) is 0. The SMILES string of the molecule is C[C@@H]1CCc2c(sc3ncn(CCN4C(=O)c5ccccc5C4=O)c(=O)c23)C1. The Morgan fingerprint density at radius 2 is 1.82 bits per heavy atom. The van der Waals surface area contributed by atoms with Crippen molar-refractivity contribution in [3.8, 4) is 0 Å². The third-order valence-corrected chi connectivity index (χ3v) is 6.89. The van der Waals surface area contributed by atoms with Crippen LogP contribution in [0.15, 0.2) is 35.4 Å². The molecule has 0 unspecified atom stereocenters. The Morgan fingerprint density at radius 1 is 1.11 bits per heavy atom. The zero-order chi connectivity index (χ0) is 19.4. The van der Waals surface area contributed by atoms with Crippen molar-refractivity contribution in [2.24, 2.45) is 5.92 Å². The molecular weight excluding hydrogens is 374 g/mol. The van der Waals surface area contributed by atoms with Crippen LogP contribution in [0.2, 0.25) is 0 Å². The topological polar surface area (TPSA) is 72.3 Å². The lowest BCUT2D eigenvalue weighted by molar-refractivity contribution is 0.0648. The highest BCUT2D eigenvalue weighted by molar-refractivity contribution is 7.18. The van der Waals surface area contributed by atoms with E-state index in [0.29, 0.717) is 17.0 Å². The highest BCUT2D eigenvalue weighted by Gasteiger charge is 2.34. The van der Waals surface area contributed by atoms with E-state index in [-0.39, 0.29) is 30.5 Å². The molecule has 1 aromatic carbocycles. The zero-order valence-corrected chi connectivity index (χ0v) is 16.3. The summed E-state index contributed by atoms with van der Waals surface area (Å²) < 4.78 is 1.52. The lowest BCUT2D eigenvalue weighted by Crippen LogP contribution is -2.35. The van der Waals surface area contributed by atoms with Gasteiger partial charge in [0.05, 0.1) is 22.8 Å². The Hall–Kier alpha value is -2.80. The van der Waals surface area contributed by atoms with E-state index in [1.54, 1.807) is 35.6 Å². The minimum absolute atomic E-state index is 0.0753. The number of carbonyl (C=O) groups is 2. The van der Waals surface area contributed by atoms with Crippen molar-refractivity contribution < 1.29 is 9.59 Å². The van der Waals surface area contributed by atoms with Crippen molar-refractivity contribution in [3.63, 3.8) is 0 Å². The van der Waals surface area contributed by atoms with Gasteiger partial charge in [-0.05, 0) is 42.9 Å². The fourth-order valence-corrected chi connectivity index (χ4v) is 5.52. The normalized spacial score (nSPS) is 18.6. The largest absolute Gasteiger partial charge is 0.297 e. The zero-order valence-electron chi connectivity index (χ0n) is 15.5. The number of rotatable bonds is 3. The molecule has 3 aromatic rings. The number of imide groups is 1. The molecule has 5 rings (SSSR count). The van der Waals surface area contributed by atoms with Gasteiger partial charge in [-0.25, -0.2) is 4.98 Å². The Labute approximate surface area is 165 Å². The number of carbonyl (C=O) groups excluding carboxylic acids is 2. The summed E-state index contributed by atoms with van der Waals surface area (Å²) in [4.78, 5) is 45.9. The lowest BCUT2D eigenvalue weighted by atomic mass is 9.89. The Bertz CT molecular complexity index is 1160. The van der Waals surface area contributed by atoms with Crippen LogP contribution >= 0.6 is 11.3 Å². The lowest BCUT2D eigenvalue weighted by Gasteiger charge is -2.17. The third kappa shape index (κ3) is 2.53. The molecule has 0 radical (unpaired) electrons. The van der Waals surface area contributed by atoms with Crippen molar-refractivity contribution in [2.45, 2.75) is 32.7 Å². The summed E-state index contributed by atoms with van der Waals surface area (Å²) in [6, 6.07) is 6.81. The van der Waals surface area contributed by atoms with Crippen LogP contribution in [0.4, 0.5) is 0 Å². The molecule has 0 N–H and O–H groups in total. The van der Waals surface area contributed by atoms with E-state index < -0.39 is 0 Å². The molecule has 7 heteroatoms. The Kier molecular flexibility index (Phi) is 3.94. The van der Waals surface area contributed by atoms with Crippen molar-refractivity contribution >= 4 is 33.4 Å². The first kappa shape index (κ1) is 17.3. The van der Waals surface area contributed by atoms with Crippen LogP contribution in [0.25, 0.3) is 10.2 Å². The first-order chi connectivity index (χ1) is 13.5. The van der Waals surface area contributed by atoms with E-state index >= 15 is 0 Å². The Balaban J connectivity index is 1.44. The molecule has 0 spiro atoms. The van der Waals surface area contributed by atoms with E-state index in [9.17, 15) is 14.4 Å². The van der Waals surface area contributed by atoms with Gasteiger partial charge in [-0.15, -0.1) is 11.3 Å². The second kappa shape index (κ2) is 6.38. The number of hydrogen-bond acceptors (Lipinski definition) is 5. The van der Waals surface area contributed by atoms with Crippen LogP contribution in [0.1, 0.15) is 44.5 Å². The summed E-state index contributed by atoms with van der Waals surface area (Å²) in [5.41, 5.74) is 1.92. The van der Waals surface area contributed by atoms with Crippen LogP contribution in [0.5, 0.6) is 0 Å². The number of aryl methyl sites for hydroxylation is 1. The average Bonchev–Trinajstić information content (AvgIpc) is 3.17. The predicted octanol–water partition coefficient (Wildman–Crippen LogP) is 2.88. The fourth-order valence-electron chi connectivity index (χ4n) is 4.18. The third-order valence-electron chi connectivity index (χ3n) is 5.72. The summed E-state index contributed by atoms with van der Waals surface area (Å²) in [5, 5.41) is 0.719. The number of nitrogens with zero attached hydrogens (tertiary/aromatic N) is 3. The number of hydrogen-bond donors (Lipinski definition) is 0. The molecule has 1 aliphatic carbocycles. The minimum atomic E-state index is -0.301. The summed E-state index contributed by atoms with van der Waals surface area (Å²) >= 11 is 1.62. The molecule has 1 aliphatic heterocycles. The van der Waals surface area contributed by atoms with Gasteiger partial charge in [0, 0.05) is 18.0 Å². The van der Waals surface area contributed by atoms with Gasteiger partial charge in [-0.2, -0.15) is 0 Å². The van der Waals surface area contributed by atoms with Crippen LogP contribution in [-0.4, -0.2) is 32.8 Å². The van der Waals surface area contributed by atoms with Crippen molar-refractivity contribution in [3.05, 3.63) is 62.5 Å². The van der Waals surface area contributed by atoms with E-state index in [4.69, 9.17) is 0 Å². The van der Waals surface area contributed by atoms with E-state index in [0.717, 1.165) is 35.0 Å². The highest BCUT2D eigenvalue weighted by Crippen LogP contribution is 2.35. The number of thiophene rings is 1. The van der Waals surface area contributed by atoms with Crippen LogP contribution < -0.4 is 5.56 Å². The van der Waals surface area contributed by atoms with Gasteiger partial charge in [0.1, 0.15) is 4.83 Å². The molecule has 3 heterocycles. The second-order valence-corrected chi connectivity index (χ2v) is 8.67. The molecular formula is C21H19N3O3S. The summed E-state index contributed by atoms with van der Waals surface area (Å²) in [5.74, 6) is 0.0331. The molecule has 2 aliphatic rings. The Morgan fingerprint density at radius 3 is 2.54 bits per heavy atom. The molecule has 2 aromatic heterocycles. The number of fused-ring (bicyclic) bond motifs is 4. The monoisotopic (exact) mass is 393 g/mol. The van der Waals surface area contributed by atoms with Gasteiger partial charge >= 0.3 is 0 Å². The number of amides is 2. The van der Waals surface area contributed by atoms with Crippen LogP contribution in [0.3, 0.4) is 0 Å². The van der Waals surface area contributed by atoms with Crippen LogP contribution in [-0.2, 0) is 19.4 Å². The molecule has 28 heavy (non-hydrogen) atoms. The highest BCUT2D eigenvalue weighted by atomic mass is 32.1. The maximum Gasteiger partial charge on any atom is 0.262 e.